The molecule has 1 heterocycles. The lowest BCUT2D eigenvalue weighted by Crippen LogP contribution is -2.43. The second kappa shape index (κ2) is 11.7. The molecule has 0 saturated heterocycles. The number of fused-ring (bicyclic) bond motifs is 1. The van der Waals surface area contributed by atoms with Crippen LogP contribution in [0.2, 0.25) is 0 Å². The molecular formula is C33H34FN5O6S. The maximum absolute atomic E-state index is 15.0. The number of sulfone groups is 1. The van der Waals surface area contributed by atoms with Gasteiger partial charge in [-0.05, 0) is 87.8 Å². The summed E-state index contributed by atoms with van der Waals surface area (Å²) in [6.07, 6.45) is 10.5. The maximum atomic E-state index is 15.0. The van der Waals surface area contributed by atoms with Gasteiger partial charge < -0.3 is 20.8 Å². The summed E-state index contributed by atoms with van der Waals surface area (Å²) < 4.78 is 48.7. The topological polar surface area (TPSA) is 161 Å². The van der Waals surface area contributed by atoms with Crippen LogP contribution in [0.4, 0.5) is 15.8 Å². The van der Waals surface area contributed by atoms with Gasteiger partial charge in [-0.1, -0.05) is 6.07 Å². The number of halogens is 1. The monoisotopic (exact) mass is 647 g/mol. The van der Waals surface area contributed by atoms with Crippen LogP contribution < -0.4 is 15.8 Å². The molecule has 240 valence electrons. The Morgan fingerprint density at radius 2 is 1.65 bits per heavy atom. The fourth-order valence-electron chi connectivity index (χ4n) is 6.72. The lowest BCUT2D eigenvalue weighted by atomic mass is 9.89. The molecule has 7 rings (SSSR count). The van der Waals surface area contributed by atoms with Gasteiger partial charge in [0, 0.05) is 53.4 Å². The van der Waals surface area contributed by atoms with Crippen molar-refractivity contribution in [2.45, 2.75) is 85.3 Å². The van der Waals surface area contributed by atoms with Gasteiger partial charge in [0.25, 0.3) is 11.6 Å². The summed E-state index contributed by atoms with van der Waals surface area (Å²) in [7, 11) is -4.52. The quantitative estimate of drug-likeness (QED) is 0.126. The second-order valence-electron chi connectivity index (χ2n) is 12.4. The number of anilines is 1. The summed E-state index contributed by atoms with van der Waals surface area (Å²) in [6.45, 7) is 0. The van der Waals surface area contributed by atoms with E-state index >= 15 is 0 Å². The van der Waals surface area contributed by atoms with Crippen LogP contribution in [0, 0.1) is 15.9 Å². The van der Waals surface area contributed by atoms with Crippen molar-refractivity contribution in [2.24, 2.45) is 5.73 Å². The zero-order valence-electron chi connectivity index (χ0n) is 24.9. The number of nitro benzene ring substituents is 1. The number of nitrogens with one attached hydrogen (secondary N) is 2. The van der Waals surface area contributed by atoms with Crippen LogP contribution in [0.25, 0.3) is 10.9 Å². The number of ether oxygens (including phenoxy) is 1. The molecule has 0 bridgehead atoms. The third kappa shape index (κ3) is 5.80. The molecule has 11 nitrogen and oxygen atoms in total. The zero-order valence-corrected chi connectivity index (χ0v) is 25.8. The SMILES string of the molecule is NC(=O)c1cccc(S(=O)(=O)c2ccc(NC3CCC(N(C4CC4)C4CC4)CC3)c([N+](=O)[O-])c2)c1Oc1cc2cc[nH]c2cc1F. The van der Waals surface area contributed by atoms with E-state index in [-0.39, 0.29) is 27.9 Å². The van der Waals surface area contributed by atoms with Crippen molar-refractivity contribution in [3.8, 4) is 11.5 Å². The first-order chi connectivity index (χ1) is 22.1. The molecule has 0 radical (unpaired) electrons. The number of amides is 1. The largest absolute Gasteiger partial charge is 0.452 e. The number of carbonyl (C=O) groups is 1. The number of hydrogen-bond donors (Lipinski definition) is 3. The van der Waals surface area contributed by atoms with Gasteiger partial charge in [-0.3, -0.25) is 19.8 Å². The van der Waals surface area contributed by atoms with Gasteiger partial charge in [0.1, 0.15) is 10.6 Å². The minimum Gasteiger partial charge on any atom is -0.452 e. The molecule has 1 amide bonds. The van der Waals surface area contributed by atoms with Crippen molar-refractivity contribution in [2.75, 3.05) is 5.32 Å². The van der Waals surface area contributed by atoms with E-state index in [2.05, 4.69) is 15.2 Å². The van der Waals surface area contributed by atoms with Crippen LogP contribution in [-0.4, -0.2) is 53.3 Å². The molecule has 13 heteroatoms. The van der Waals surface area contributed by atoms with E-state index in [9.17, 15) is 27.7 Å². The van der Waals surface area contributed by atoms with Crippen molar-refractivity contribution in [1.82, 2.24) is 9.88 Å². The second-order valence-corrected chi connectivity index (χ2v) is 14.4. The van der Waals surface area contributed by atoms with E-state index in [0.29, 0.717) is 29.0 Å². The number of hydrogen-bond acceptors (Lipinski definition) is 8. The average molecular weight is 648 g/mol. The maximum Gasteiger partial charge on any atom is 0.293 e. The van der Waals surface area contributed by atoms with E-state index < -0.39 is 42.8 Å². The Morgan fingerprint density at radius 3 is 2.28 bits per heavy atom. The summed E-state index contributed by atoms with van der Waals surface area (Å²) in [6, 6.07) is 13.7. The van der Waals surface area contributed by atoms with Crippen LogP contribution in [-0.2, 0) is 9.84 Å². The van der Waals surface area contributed by atoms with Gasteiger partial charge in [0.15, 0.2) is 17.3 Å². The highest BCUT2D eigenvalue weighted by Crippen LogP contribution is 2.43. The van der Waals surface area contributed by atoms with Crippen molar-refractivity contribution >= 4 is 38.0 Å². The highest BCUT2D eigenvalue weighted by Gasteiger charge is 2.43. The third-order valence-electron chi connectivity index (χ3n) is 9.24. The Morgan fingerprint density at radius 1 is 0.978 bits per heavy atom. The molecule has 3 fully saturated rings. The fraction of sp³-hybridized carbons (Fsp3) is 0.364. The van der Waals surface area contributed by atoms with Crippen molar-refractivity contribution in [3.05, 3.63) is 82.3 Å². The van der Waals surface area contributed by atoms with Gasteiger partial charge >= 0.3 is 0 Å². The molecule has 0 spiro atoms. The van der Waals surface area contributed by atoms with Crippen molar-refractivity contribution in [3.63, 3.8) is 0 Å². The van der Waals surface area contributed by atoms with E-state index in [1.165, 1.54) is 68.1 Å². The summed E-state index contributed by atoms with van der Waals surface area (Å²) in [5.41, 5.74) is 5.60. The number of benzene rings is 3. The molecule has 3 aromatic carbocycles. The lowest BCUT2D eigenvalue weighted by Gasteiger charge is -2.37. The Kier molecular flexibility index (Phi) is 7.68. The summed E-state index contributed by atoms with van der Waals surface area (Å²) in [4.78, 5) is 28.6. The van der Waals surface area contributed by atoms with Gasteiger partial charge in [0.2, 0.25) is 9.84 Å². The molecule has 0 aliphatic heterocycles. The van der Waals surface area contributed by atoms with Crippen LogP contribution >= 0.6 is 0 Å². The van der Waals surface area contributed by atoms with E-state index in [1.807, 2.05) is 0 Å². The smallest absolute Gasteiger partial charge is 0.293 e. The molecule has 4 aromatic rings. The lowest BCUT2D eigenvalue weighted by molar-refractivity contribution is -0.384. The highest BCUT2D eigenvalue weighted by molar-refractivity contribution is 7.91. The number of H-pyrrole nitrogens is 1. The van der Waals surface area contributed by atoms with E-state index in [1.54, 1.807) is 12.3 Å². The number of aromatic amines is 1. The van der Waals surface area contributed by atoms with E-state index in [0.717, 1.165) is 31.7 Å². The van der Waals surface area contributed by atoms with Crippen LogP contribution in [0.3, 0.4) is 0 Å². The summed E-state index contributed by atoms with van der Waals surface area (Å²) >= 11 is 0. The van der Waals surface area contributed by atoms with Gasteiger partial charge in [-0.15, -0.1) is 0 Å². The molecule has 3 aliphatic carbocycles. The predicted octanol–water partition coefficient (Wildman–Crippen LogP) is 6.29. The molecule has 0 atom stereocenters. The first-order valence-electron chi connectivity index (χ1n) is 15.5. The third-order valence-corrected chi connectivity index (χ3v) is 11.0. The van der Waals surface area contributed by atoms with Crippen LogP contribution in [0.15, 0.2) is 70.6 Å². The molecule has 3 aliphatic rings. The molecule has 1 aromatic heterocycles. The standard InChI is InChI=1S/C33H34FN5O6S/c34-26-18-28-19(14-15-36-28)16-30(26)45-32-25(33(35)40)2-1-3-31(32)46(43,44)24-12-13-27(29(17-24)39(41)42)37-20-4-6-21(7-5-20)38(22-8-9-22)23-10-11-23/h1-3,12-18,20-23,36-37H,4-11H2,(H2,35,40). The minimum absolute atomic E-state index is 0.0252. The molecule has 0 unspecified atom stereocenters. The average Bonchev–Trinajstić information content (AvgIpc) is 3.98. The Bertz CT molecular complexity index is 1940. The predicted molar refractivity (Wildman–Crippen MR) is 169 cm³/mol. The number of nitrogens with two attached hydrogens (primary N) is 1. The van der Waals surface area contributed by atoms with Crippen LogP contribution in [0.5, 0.6) is 11.5 Å². The number of carbonyl (C=O) groups excluding carboxylic acids is 1. The van der Waals surface area contributed by atoms with Gasteiger partial charge in [-0.2, -0.15) is 0 Å². The minimum atomic E-state index is -4.52. The fourth-order valence-corrected chi connectivity index (χ4v) is 8.15. The summed E-state index contributed by atoms with van der Waals surface area (Å²) in [5.74, 6) is -2.59. The number of aromatic nitrogens is 1. The van der Waals surface area contributed by atoms with Gasteiger partial charge in [-0.25, -0.2) is 12.8 Å². The number of para-hydroxylation sites is 1. The molecular weight excluding hydrogens is 613 g/mol. The Hall–Kier alpha value is -4.49. The molecule has 4 N–H and O–H groups in total. The Labute approximate surface area is 265 Å². The van der Waals surface area contributed by atoms with Gasteiger partial charge in [0.05, 0.1) is 15.4 Å². The van der Waals surface area contributed by atoms with E-state index in [4.69, 9.17) is 10.5 Å². The highest BCUT2D eigenvalue weighted by atomic mass is 32.2. The number of primary amides is 1. The molecule has 46 heavy (non-hydrogen) atoms. The Balaban J connectivity index is 1.16. The van der Waals surface area contributed by atoms with Crippen molar-refractivity contribution in [1.29, 1.82) is 0 Å². The first-order valence-corrected chi connectivity index (χ1v) is 17.0. The normalized spacial score (nSPS) is 20.1. The number of rotatable bonds is 11. The summed E-state index contributed by atoms with van der Waals surface area (Å²) in [5, 5.41) is 16.1. The number of nitro groups is 1. The first kappa shape index (κ1) is 30.2. The molecule has 3 saturated carbocycles. The van der Waals surface area contributed by atoms with Crippen LogP contribution in [0.1, 0.15) is 61.7 Å². The zero-order chi connectivity index (χ0) is 32.2. The van der Waals surface area contributed by atoms with Crippen molar-refractivity contribution < 1.29 is 27.3 Å². The number of nitrogens with zero attached hydrogens (tertiary/aromatic N) is 2.